The van der Waals surface area contributed by atoms with Gasteiger partial charge in [0.15, 0.2) is 11.5 Å². The standard InChI is InChI=1S/C23H17N3.C2H6/c1-16-6-4-8-18(14-16)19-9-5-10-20(15-19)22-24-25-23-21-11-3-2-7-17(21)12-13-26(22)23;1-2/h2-15H,1H3;1-2H3. The van der Waals surface area contributed by atoms with Crippen LogP contribution >= 0.6 is 0 Å². The largest absolute Gasteiger partial charge is 0.282 e. The van der Waals surface area contributed by atoms with E-state index in [0.717, 1.165) is 22.4 Å². The van der Waals surface area contributed by atoms with Crippen molar-refractivity contribution in [3.8, 4) is 22.5 Å². The van der Waals surface area contributed by atoms with E-state index in [2.05, 4.69) is 88.3 Å². The SMILES string of the molecule is CC.Cc1cccc(-c2cccc(-c3nnc4c5ccccc5ccn34)c2)c1. The normalized spacial score (nSPS) is 10.7. The first kappa shape index (κ1) is 17.9. The summed E-state index contributed by atoms with van der Waals surface area (Å²) in [5, 5.41) is 11.2. The Morgan fingerprint density at radius 1 is 0.679 bits per heavy atom. The van der Waals surface area contributed by atoms with Gasteiger partial charge in [0, 0.05) is 17.1 Å². The van der Waals surface area contributed by atoms with Crippen LogP contribution in [0.4, 0.5) is 0 Å². The van der Waals surface area contributed by atoms with Gasteiger partial charge in [-0.05, 0) is 35.6 Å². The van der Waals surface area contributed by atoms with Crippen molar-refractivity contribution in [2.24, 2.45) is 0 Å². The maximum absolute atomic E-state index is 4.48. The Balaban J connectivity index is 0.000000932. The van der Waals surface area contributed by atoms with Crippen molar-refractivity contribution >= 4 is 16.4 Å². The summed E-state index contributed by atoms with van der Waals surface area (Å²) in [5.74, 6) is 0.861. The van der Waals surface area contributed by atoms with Crippen molar-refractivity contribution in [2.75, 3.05) is 0 Å². The average Bonchev–Trinajstić information content (AvgIpc) is 3.20. The molecule has 2 heterocycles. The molecule has 5 aromatic rings. The number of hydrogen-bond acceptors (Lipinski definition) is 2. The second-order valence-electron chi connectivity index (χ2n) is 6.57. The highest BCUT2D eigenvalue weighted by Crippen LogP contribution is 2.28. The molecule has 0 saturated heterocycles. The number of pyridine rings is 1. The minimum atomic E-state index is 0.861. The van der Waals surface area contributed by atoms with Gasteiger partial charge in [0.05, 0.1) is 0 Å². The average molecular weight is 365 g/mol. The predicted molar refractivity (Wildman–Crippen MR) is 117 cm³/mol. The topological polar surface area (TPSA) is 30.2 Å². The zero-order chi connectivity index (χ0) is 19.5. The molecule has 0 saturated carbocycles. The Morgan fingerprint density at radius 2 is 1.39 bits per heavy atom. The van der Waals surface area contributed by atoms with Gasteiger partial charge in [-0.2, -0.15) is 0 Å². The number of aryl methyl sites for hydroxylation is 1. The summed E-state index contributed by atoms with van der Waals surface area (Å²) in [6, 6.07) is 27.4. The fourth-order valence-electron chi connectivity index (χ4n) is 3.48. The Labute approximate surface area is 165 Å². The minimum Gasteiger partial charge on any atom is -0.282 e. The molecule has 0 unspecified atom stereocenters. The van der Waals surface area contributed by atoms with E-state index in [1.807, 2.05) is 32.2 Å². The summed E-state index contributed by atoms with van der Waals surface area (Å²) in [6.07, 6.45) is 2.05. The van der Waals surface area contributed by atoms with Crippen molar-refractivity contribution < 1.29 is 0 Å². The van der Waals surface area contributed by atoms with E-state index in [9.17, 15) is 0 Å². The number of aromatic nitrogens is 3. The molecule has 0 spiro atoms. The Morgan fingerprint density at radius 3 is 2.21 bits per heavy atom. The van der Waals surface area contributed by atoms with Crippen molar-refractivity contribution in [3.05, 3.63) is 90.6 Å². The van der Waals surface area contributed by atoms with E-state index in [1.165, 1.54) is 22.1 Å². The third-order valence-electron chi connectivity index (χ3n) is 4.77. The molecule has 0 aliphatic heterocycles. The molecular formula is C25H23N3. The maximum atomic E-state index is 4.48. The van der Waals surface area contributed by atoms with Crippen molar-refractivity contribution in [1.29, 1.82) is 0 Å². The summed E-state index contributed by atoms with van der Waals surface area (Å²) < 4.78 is 2.07. The lowest BCUT2D eigenvalue weighted by Crippen LogP contribution is -1.90. The van der Waals surface area contributed by atoms with Crippen LogP contribution in [0.5, 0.6) is 0 Å². The van der Waals surface area contributed by atoms with E-state index < -0.39 is 0 Å². The van der Waals surface area contributed by atoms with Gasteiger partial charge in [0.25, 0.3) is 0 Å². The van der Waals surface area contributed by atoms with Crippen LogP contribution in [0.3, 0.4) is 0 Å². The summed E-state index contributed by atoms with van der Waals surface area (Å²) in [5.41, 5.74) is 5.60. The van der Waals surface area contributed by atoms with Crippen LogP contribution < -0.4 is 0 Å². The highest BCUT2D eigenvalue weighted by atomic mass is 15.2. The molecule has 0 aliphatic carbocycles. The summed E-state index contributed by atoms with van der Waals surface area (Å²) in [6.45, 7) is 6.12. The fourth-order valence-corrected chi connectivity index (χ4v) is 3.48. The van der Waals surface area contributed by atoms with Crippen LogP contribution in [0.15, 0.2) is 85.1 Å². The molecule has 0 radical (unpaired) electrons. The highest BCUT2D eigenvalue weighted by molar-refractivity contribution is 5.94. The van der Waals surface area contributed by atoms with Gasteiger partial charge < -0.3 is 0 Å². The van der Waals surface area contributed by atoms with Crippen LogP contribution in [-0.4, -0.2) is 14.6 Å². The maximum Gasteiger partial charge on any atom is 0.168 e. The summed E-state index contributed by atoms with van der Waals surface area (Å²) in [7, 11) is 0. The second kappa shape index (κ2) is 7.65. The summed E-state index contributed by atoms with van der Waals surface area (Å²) >= 11 is 0. The molecule has 3 nitrogen and oxygen atoms in total. The van der Waals surface area contributed by atoms with E-state index >= 15 is 0 Å². The van der Waals surface area contributed by atoms with Gasteiger partial charge in [-0.15, -0.1) is 10.2 Å². The van der Waals surface area contributed by atoms with Crippen molar-refractivity contribution in [1.82, 2.24) is 14.6 Å². The number of benzene rings is 3. The second-order valence-corrected chi connectivity index (χ2v) is 6.57. The lowest BCUT2D eigenvalue weighted by Gasteiger charge is -2.06. The molecule has 0 aliphatic rings. The van der Waals surface area contributed by atoms with Crippen molar-refractivity contribution in [2.45, 2.75) is 20.8 Å². The Kier molecular flexibility index (Phi) is 4.90. The van der Waals surface area contributed by atoms with Gasteiger partial charge in [0.2, 0.25) is 0 Å². The smallest absolute Gasteiger partial charge is 0.168 e. The predicted octanol–water partition coefficient (Wildman–Crippen LogP) is 6.55. The zero-order valence-corrected chi connectivity index (χ0v) is 16.4. The molecule has 5 rings (SSSR count). The molecule has 3 heteroatoms. The molecule has 138 valence electrons. The third kappa shape index (κ3) is 3.16. The lowest BCUT2D eigenvalue weighted by atomic mass is 10.0. The summed E-state index contributed by atoms with van der Waals surface area (Å²) in [4.78, 5) is 0. The molecule has 28 heavy (non-hydrogen) atoms. The van der Waals surface area contributed by atoms with Crippen LogP contribution in [0.2, 0.25) is 0 Å². The number of fused-ring (bicyclic) bond motifs is 3. The molecule has 0 N–H and O–H groups in total. The van der Waals surface area contributed by atoms with Gasteiger partial charge in [0.1, 0.15) is 0 Å². The quantitative estimate of drug-likeness (QED) is 0.355. The third-order valence-corrected chi connectivity index (χ3v) is 4.77. The highest BCUT2D eigenvalue weighted by Gasteiger charge is 2.11. The molecule has 0 bridgehead atoms. The Bertz CT molecular complexity index is 1250. The van der Waals surface area contributed by atoms with Crippen LogP contribution in [0.25, 0.3) is 38.9 Å². The van der Waals surface area contributed by atoms with E-state index in [-0.39, 0.29) is 0 Å². The molecule has 0 amide bonds. The van der Waals surface area contributed by atoms with Crippen LogP contribution in [0, 0.1) is 6.92 Å². The number of nitrogens with zero attached hydrogens (tertiary/aromatic N) is 3. The molecular weight excluding hydrogens is 342 g/mol. The first-order valence-electron chi connectivity index (χ1n) is 9.69. The van der Waals surface area contributed by atoms with Gasteiger partial charge in [-0.25, -0.2) is 0 Å². The van der Waals surface area contributed by atoms with Crippen LogP contribution in [-0.2, 0) is 0 Å². The van der Waals surface area contributed by atoms with Gasteiger partial charge in [-0.1, -0.05) is 86.1 Å². The fraction of sp³-hybridized carbons (Fsp3) is 0.120. The number of rotatable bonds is 2. The van der Waals surface area contributed by atoms with E-state index in [0.29, 0.717) is 0 Å². The van der Waals surface area contributed by atoms with Gasteiger partial charge >= 0.3 is 0 Å². The first-order chi connectivity index (χ1) is 13.8. The van der Waals surface area contributed by atoms with E-state index in [1.54, 1.807) is 0 Å². The molecule has 0 fully saturated rings. The lowest BCUT2D eigenvalue weighted by molar-refractivity contribution is 1.11. The zero-order valence-electron chi connectivity index (χ0n) is 16.4. The molecule has 2 aromatic heterocycles. The van der Waals surface area contributed by atoms with Crippen LogP contribution in [0.1, 0.15) is 19.4 Å². The minimum absolute atomic E-state index is 0.861. The van der Waals surface area contributed by atoms with E-state index in [4.69, 9.17) is 0 Å². The number of hydrogen-bond donors (Lipinski definition) is 0. The Hall–Kier alpha value is -3.46. The van der Waals surface area contributed by atoms with Gasteiger partial charge in [-0.3, -0.25) is 4.40 Å². The molecule has 0 atom stereocenters. The monoisotopic (exact) mass is 365 g/mol. The van der Waals surface area contributed by atoms with Crippen molar-refractivity contribution in [3.63, 3.8) is 0 Å². The molecule has 3 aromatic carbocycles. The first-order valence-corrected chi connectivity index (χ1v) is 9.69.